The Hall–Kier alpha value is -1.56. The first-order valence-electron chi connectivity index (χ1n) is 5.72. The van der Waals surface area contributed by atoms with Gasteiger partial charge in [-0.15, -0.1) is 0 Å². The monoisotopic (exact) mass is 294 g/mol. The average Bonchev–Trinajstić information content (AvgIpc) is 3.10. The molecule has 19 heavy (non-hydrogen) atoms. The van der Waals surface area contributed by atoms with Crippen molar-refractivity contribution in [1.29, 1.82) is 10.5 Å². The van der Waals surface area contributed by atoms with Crippen LogP contribution in [-0.4, -0.2) is 19.4 Å². The van der Waals surface area contributed by atoms with Crippen LogP contribution in [0.15, 0.2) is 24.3 Å². The number of benzene rings is 1. The van der Waals surface area contributed by atoms with Gasteiger partial charge >= 0.3 is 0 Å². The summed E-state index contributed by atoms with van der Waals surface area (Å²) in [5.41, 5.74) is -0.808. The zero-order chi connectivity index (χ0) is 14.3. The second kappa shape index (κ2) is 4.52. The second-order valence-corrected chi connectivity index (χ2v) is 7.34. The number of hydrogen-bond acceptors (Lipinski definition) is 4. The summed E-state index contributed by atoms with van der Waals surface area (Å²) in [6.45, 7) is 1.52. The Bertz CT molecular complexity index is 669. The lowest BCUT2D eigenvalue weighted by molar-refractivity contribution is 0.592. The standard InChI is InChI=1S/C13H11ClN2O2S/c1-2-19(17,18)12-11(13(12,7-15)8-16)9-3-5-10(14)6-4-9/h3-6,11-12H,2H2,1H3/t11-,12+/m0/s1. The van der Waals surface area contributed by atoms with E-state index in [0.29, 0.717) is 10.6 Å². The fourth-order valence-corrected chi connectivity index (χ4v) is 4.44. The quantitative estimate of drug-likeness (QED) is 0.856. The molecule has 1 aromatic carbocycles. The SMILES string of the molecule is CCS(=O)(=O)[C@@H]1[C@H](c2ccc(Cl)cc2)C1(C#N)C#N. The van der Waals surface area contributed by atoms with Crippen LogP contribution in [0.4, 0.5) is 0 Å². The summed E-state index contributed by atoms with van der Waals surface area (Å²) in [7, 11) is -3.44. The van der Waals surface area contributed by atoms with E-state index in [9.17, 15) is 18.9 Å². The van der Waals surface area contributed by atoms with Crippen LogP contribution < -0.4 is 0 Å². The maximum absolute atomic E-state index is 12.0. The van der Waals surface area contributed by atoms with Crippen LogP contribution in [0.1, 0.15) is 18.4 Å². The molecule has 1 aliphatic carbocycles. The fourth-order valence-electron chi connectivity index (χ4n) is 2.43. The Kier molecular flexibility index (Phi) is 3.30. The molecule has 2 rings (SSSR count). The lowest BCUT2D eigenvalue weighted by Crippen LogP contribution is -2.15. The molecular formula is C13H11ClN2O2S. The highest BCUT2D eigenvalue weighted by molar-refractivity contribution is 7.92. The van der Waals surface area contributed by atoms with Gasteiger partial charge in [0.05, 0.1) is 12.1 Å². The highest BCUT2D eigenvalue weighted by atomic mass is 35.5. The summed E-state index contributed by atoms with van der Waals surface area (Å²) in [5.74, 6) is -0.669. The van der Waals surface area contributed by atoms with Crippen molar-refractivity contribution in [3.8, 4) is 12.1 Å². The van der Waals surface area contributed by atoms with Crippen molar-refractivity contribution in [3.63, 3.8) is 0 Å². The van der Waals surface area contributed by atoms with Gasteiger partial charge < -0.3 is 0 Å². The summed E-state index contributed by atoms with van der Waals surface area (Å²) in [6.07, 6.45) is 0. The van der Waals surface area contributed by atoms with Gasteiger partial charge in [-0.1, -0.05) is 30.7 Å². The first-order valence-corrected chi connectivity index (χ1v) is 7.82. The summed E-state index contributed by atoms with van der Waals surface area (Å²) >= 11 is 5.78. The molecule has 6 heteroatoms. The molecule has 0 spiro atoms. The van der Waals surface area contributed by atoms with Gasteiger partial charge in [-0.3, -0.25) is 0 Å². The molecule has 0 bridgehead atoms. The minimum absolute atomic E-state index is 0.0765. The number of hydrogen-bond donors (Lipinski definition) is 0. The molecule has 98 valence electrons. The van der Waals surface area contributed by atoms with Crippen molar-refractivity contribution >= 4 is 21.4 Å². The van der Waals surface area contributed by atoms with Crippen LogP contribution in [0, 0.1) is 28.1 Å². The van der Waals surface area contributed by atoms with Crippen molar-refractivity contribution in [2.75, 3.05) is 5.75 Å². The number of nitrogens with zero attached hydrogens (tertiary/aromatic N) is 2. The smallest absolute Gasteiger partial charge is 0.169 e. The largest absolute Gasteiger partial charge is 0.228 e. The van der Waals surface area contributed by atoms with Gasteiger partial charge in [-0.05, 0) is 17.7 Å². The van der Waals surface area contributed by atoms with Gasteiger partial charge in [-0.25, -0.2) is 8.42 Å². The van der Waals surface area contributed by atoms with Crippen LogP contribution in [0.2, 0.25) is 5.02 Å². The first-order chi connectivity index (χ1) is 8.93. The molecule has 1 fully saturated rings. The Morgan fingerprint density at radius 1 is 1.26 bits per heavy atom. The van der Waals surface area contributed by atoms with Crippen molar-refractivity contribution in [3.05, 3.63) is 34.9 Å². The third-order valence-corrected chi connectivity index (χ3v) is 6.00. The first kappa shape index (κ1) is 13.9. The summed E-state index contributed by atoms with van der Waals surface area (Å²) in [5, 5.41) is 18.0. The Labute approximate surface area is 117 Å². The van der Waals surface area contributed by atoms with Gasteiger partial charge in [0.15, 0.2) is 15.3 Å². The van der Waals surface area contributed by atoms with E-state index >= 15 is 0 Å². The summed E-state index contributed by atoms with van der Waals surface area (Å²) < 4.78 is 24.0. The molecular weight excluding hydrogens is 284 g/mol. The van der Waals surface area contributed by atoms with Crippen LogP contribution in [-0.2, 0) is 9.84 Å². The minimum atomic E-state index is -3.44. The molecule has 1 aliphatic rings. The van der Waals surface area contributed by atoms with E-state index in [1.54, 1.807) is 24.3 Å². The Morgan fingerprint density at radius 2 is 1.79 bits per heavy atom. The molecule has 0 unspecified atom stereocenters. The van der Waals surface area contributed by atoms with Crippen LogP contribution in [0.5, 0.6) is 0 Å². The molecule has 0 radical (unpaired) electrons. The molecule has 0 saturated heterocycles. The van der Waals surface area contributed by atoms with Crippen LogP contribution >= 0.6 is 11.6 Å². The molecule has 1 aromatic rings. The van der Waals surface area contributed by atoms with Crippen molar-refractivity contribution in [2.24, 2.45) is 5.41 Å². The number of halogens is 1. The summed E-state index contributed by atoms with van der Waals surface area (Å²) in [6, 6.07) is 10.4. The molecule has 4 nitrogen and oxygen atoms in total. The van der Waals surface area contributed by atoms with E-state index in [4.69, 9.17) is 11.6 Å². The summed E-state index contributed by atoms with van der Waals surface area (Å²) in [4.78, 5) is 0. The molecule has 0 N–H and O–H groups in total. The molecule has 2 atom stereocenters. The topological polar surface area (TPSA) is 81.7 Å². The maximum atomic E-state index is 12.0. The highest BCUT2D eigenvalue weighted by Gasteiger charge is 2.72. The molecule has 0 aliphatic heterocycles. The predicted octanol–water partition coefficient (Wildman–Crippen LogP) is 2.27. The average molecular weight is 295 g/mol. The van der Waals surface area contributed by atoms with Crippen LogP contribution in [0.25, 0.3) is 0 Å². The molecule has 0 aromatic heterocycles. The third kappa shape index (κ3) is 2.00. The Morgan fingerprint density at radius 3 is 2.21 bits per heavy atom. The maximum Gasteiger partial charge on any atom is 0.169 e. The van der Waals surface area contributed by atoms with Crippen molar-refractivity contribution < 1.29 is 8.42 Å². The lowest BCUT2D eigenvalue weighted by Gasteiger charge is -2.00. The number of sulfone groups is 1. The van der Waals surface area contributed by atoms with Crippen molar-refractivity contribution in [2.45, 2.75) is 18.1 Å². The van der Waals surface area contributed by atoms with Crippen LogP contribution in [0.3, 0.4) is 0 Å². The van der Waals surface area contributed by atoms with Gasteiger partial charge in [-0.2, -0.15) is 10.5 Å². The van der Waals surface area contributed by atoms with Gasteiger partial charge in [0.2, 0.25) is 0 Å². The van der Waals surface area contributed by atoms with E-state index in [2.05, 4.69) is 0 Å². The molecule has 0 amide bonds. The van der Waals surface area contributed by atoms with E-state index in [1.165, 1.54) is 6.92 Å². The highest BCUT2D eigenvalue weighted by Crippen LogP contribution is 2.62. The predicted molar refractivity (Wildman–Crippen MR) is 71.1 cm³/mol. The zero-order valence-corrected chi connectivity index (χ0v) is 11.7. The Balaban J connectivity index is 2.50. The van der Waals surface area contributed by atoms with E-state index in [1.807, 2.05) is 12.1 Å². The normalized spacial score (nSPS) is 24.2. The fraction of sp³-hybridized carbons (Fsp3) is 0.385. The molecule has 1 saturated carbocycles. The minimum Gasteiger partial charge on any atom is -0.228 e. The third-order valence-electron chi connectivity index (χ3n) is 3.52. The van der Waals surface area contributed by atoms with E-state index in [-0.39, 0.29) is 5.75 Å². The lowest BCUT2D eigenvalue weighted by atomic mass is 10.0. The van der Waals surface area contributed by atoms with Crippen molar-refractivity contribution in [1.82, 2.24) is 0 Å². The van der Waals surface area contributed by atoms with E-state index in [0.717, 1.165) is 0 Å². The zero-order valence-electron chi connectivity index (χ0n) is 10.2. The van der Waals surface area contributed by atoms with Gasteiger partial charge in [0.1, 0.15) is 5.25 Å². The number of nitriles is 2. The molecule has 0 heterocycles. The van der Waals surface area contributed by atoms with Gasteiger partial charge in [0, 0.05) is 16.7 Å². The second-order valence-electron chi connectivity index (χ2n) is 4.49. The van der Waals surface area contributed by atoms with E-state index < -0.39 is 26.4 Å². The van der Waals surface area contributed by atoms with Gasteiger partial charge in [0.25, 0.3) is 0 Å². The number of rotatable bonds is 3.